The van der Waals surface area contributed by atoms with Crippen molar-refractivity contribution in [3.05, 3.63) is 28.7 Å². The van der Waals surface area contributed by atoms with E-state index >= 15 is 0 Å². The maximum Gasteiger partial charge on any atom is -0.00999 e. The summed E-state index contributed by atoms with van der Waals surface area (Å²) in [7, 11) is 0. The number of allylic oxidation sites excluding steroid dienone is 4. The van der Waals surface area contributed by atoms with Crippen molar-refractivity contribution in [3.8, 4) is 0 Å². The summed E-state index contributed by atoms with van der Waals surface area (Å²) in [6.45, 7) is 0. The van der Waals surface area contributed by atoms with Crippen LogP contribution in [0.1, 0.15) is 57.8 Å². The van der Waals surface area contributed by atoms with Gasteiger partial charge in [0.2, 0.25) is 0 Å². The van der Waals surface area contributed by atoms with Gasteiger partial charge in [-0.15, -0.1) is 0 Å². The zero-order chi connectivity index (χ0) is 9.38. The van der Waals surface area contributed by atoms with Gasteiger partial charge in [-0.05, 0) is 64.2 Å². The van der Waals surface area contributed by atoms with E-state index < -0.39 is 0 Å². The van der Waals surface area contributed by atoms with Gasteiger partial charge in [-0.25, -0.2) is 0 Å². The van der Waals surface area contributed by atoms with E-state index in [4.69, 9.17) is 0 Å². The first kappa shape index (κ1) is 8.76. The molecular weight excluding hydrogens is 168 g/mol. The predicted molar refractivity (Wildman–Crippen MR) is 59.9 cm³/mol. The van der Waals surface area contributed by atoms with E-state index in [9.17, 15) is 0 Å². The first-order chi connectivity index (χ1) is 6.93. The molecule has 0 aromatic heterocycles. The second-order valence-corrected chi connectivity index (χ2v) is 4.99. The third-order valence-corrected chi connectivity index (χ3v) is 4.07. The molecule has 14 heavy (non-hydrogen) atoms. The highest BCUT2D eigenvalue weighted by atomic mass is 14.3. The van der Waals surface area contributed by atoms with E-state index in [-0.39, 0.29) is 0 Å². The van der Waals surface area contributed by atoms with Crippen LogP contribution in [0.2, 0.25) is 0 Å². The van der Waals surface area contributed by atoms with Crippen LogP contribution >= 0.6 is 0 Å². The molecule has 0 bridgehead atoms. The molecule has 0 spiro atoms. The number of rotatable bonds is 0. The van der Waals surface area contributed by atoms with E-state index in [1.807, 2.05) is 11.1 Å². The van der Waals surface area contributed by atoms with Gasteiger partial charge in [0.15, 0.2) is 0 Å². The van der Waals surface area contributed by atoms with Crippen LogP contribution in [0.5, 0.6) is 0 Å². The quantitative estimate of drug-likeness (QED) is 0.495. The fourth-order valence-electron chi connectivity index (χ4n) is 3.24. The molecular formula is C14H19. The van der Waals surface area contributed by atoms with Crippen molar-refractivity contribution < 1.29 is 0 Å². The van der Waals surface area contributed by atoms with Gasteiger partial charge >= 0.3 is 0 Å². The minimum absolute atomic E-state index is 1.32. The van der Waals surface area contributed by atoms with Crippen molar-refractivity contribution >= 4 is 0 Å². The Morgan fingerprint density at radius 1 is 0.714 bits per heavy atom. The van der Waals surface area contributed by atoms with Gasteiger partial charge in [-0.3, -0.25) is 0 Å². The lowest BCUT2D eigenvalue weighted by Crippen LogP contribution is -2.12. The summed E-state index contributed by atoms with van der Waals surface area (Å²) in [6, 6.07) is 0. The first-order valence-electron chi connectivity index (χ1n) is 6.17. The molecule has 0 fully saturated rings. The lowest BCUT2D eigenvalue weighted by molar-refractivity contribution is 0.609. The highest BCUT2D eigenvalue weighted by Gasteiger charge is 2.23. The molecule has 3 aliphatic rings. The van der Waals surface area contributed by atoms with E-state index in [1.165, 1.54) is 57.8 Å². The Balaban J connectivity index is 1.84. The van der Waals surface area contributed by atoms with E-state index in [1.54, 1.807) is 11.1 Å². The molecule has 0 aromatic rings. The van der Waals surface area contributed by atoms with Crippen LogP contribution in [0.4, 0.5) is 0 Å². The Morgan fingerprint density at radius 2 is 1.43 bits per heavy atom. The Labute approximate surface area is 87.1 Å². The molecule has 0 atom stereocenters. The van der Waals surface area contributed by atoms with Crippen molar-refractivity contribution in [3.63, 3.8) is 0 Å². The maximum absolute atomic E-state index is 2.51. The molecule has 0 saturated heterocycles. The van der Waals surface area contributed by atoms with Crippen molar-refractivity contribution in [1.82, 2.24) is 0 Å². The largest absolute Gasteiger partial charge is 0.0666 e. The highest BCUT2D eigenvalue weighted by molar-refractivity contribution is 5.40. The van der Waals surface area contributed by atoms with Crippen LogP contribution in [0.15, 0.2) is 22.3 Å². The third kappa shape index (κ3) is 1.45. The van der Waals surface area contributed by atoms with Crippen LogP contribution in [0.3, 0.4) is 0 Å². The average Bonchev–Trinajstić information content (AvgIpc) is 2.26. The number of hydrogen-bond donors (Lipinski definition) is 0. The van der Waals surface area contributed by atoms with Gasteiger partial charge in [0, 0.05) is 0 Å². The van der Waals surface area contributed by atoms with Crippen LogP contribution in [0.25, 0.3) is 0 Å². The Kier molecular flexibility index (Phi) is 2.23. The molecule has 3 rings (SSSR count). The van der Waals surface area contributed by atoms with Gasteiger partial charge in [0.25, 0.3) is 0 Å². The van der Waals surface area contributed by atoms with Gasteiger partial charge < -0.3 is 0 Å². The van der Waals surface area contributed by atoms with Crippen LogP contribution in [-0.2, 0) is 0 Å². The van der Waals surface area contributed by atoms with E-state index in [0.717, 1.165) is 0 Å². The summed E-state index contributed by atoms with van der Waals surface area (Å²) in [5.41, 5.74) is 7.15. The summed E-state index contributed by atoms with van der Waals surface area (Å²) >= 11 is 0. The van der Waals surface area contributed by atoms with Crippen molar-refractivity contribution in [2.24, 2.45) is 0 Å². The lowest BCUT2D eigenvalue weighted by atomic mass is 9.75. The first-order valence-corrected chi connectivity index (χ1v) is 6.17. The normalized spacial score (nSPS) is 27.4. The van der Waals surface area contributed by atoms with Gasteiger partial charge in [0.1, 0.15) is 0 Å². The molecule has 0 unspecified atom stereocenters. The van der Waals surface area contributed by atoms with E-state index in [2.05, 4.69) is 6.42 Å². The molecule has 0 N–H and O–H groups in total. The summed E-state index contributed by atoms with van der Waals surface area (Å²) < 4.78 is 0. The minimum atomic E-state index is 1.32. The molecule has 0 aliphatic heterocycles. The van der Waals surface area contributed by atoms with Gasteiger partial charge in [-0.2, -0.15) is 0 Å². The third-order valence-electron chi connectivity index (χ3n) is 4.07. The van der Waals surface area contributed by atoms with Gasteiger partial charge in [-0.1, -0.05) is 22.3 Å². The molecule has 75 valence electrons. The monoisotopic (exact) mass is 187 g/mol. The molecule has 0 aromatic carbocycles. The average molecular weight is 187 g/mol. The molecule has 1 radical (unpaired) electrons. The molecule has 3 aliphatic carbocycles. The molecule has 0 amide bonds. The fraction of sp³-hybridized carbons (Fsp3) is 0.643. The molecule has 0 heterocycles. The lowest BCUT2D eigenvalue weighted by Gasteiger charge is -2.31. The van der Waals surface area contributed by atoms with Crippen molar-refractivity contribution in [2.75, 3.05) is 0 Å². The smallest absolute Gasteiger partial charge is 0.00999 e. The number of hydrogen-bond acceptors (Lipinski definition) is 0. The second-order valence-electron chi connectivity index (χ2n) is 4.99. The summed E-state index contributed by atoms with van der Waals surface area (Å²) in [5, 5.41) is 0. The Hall–Kier alpha value is -0.520. The SMILES string of the molecule is [CH]1CCCC2=C1CC1=C(CCCC1)C2. The highest BCUT2D eigenvalue weighted by Crippen LogP contribution is 2.42. The second kappa shape index (κ2) is 3.56. The van der Waals surface area contributed by atoms with Crippen molar-refractivity contribution in [1.29, 1.82) is 0 Å². The van der Waals surface area contributed by atoms with E-state index in [0.29, 0.717) is 0 Å². The fourth-order valence-corrected chi connectivity index (χ4v) is 3.24. The summed E-state index contributed by atoms with van der Waals surface area (Å²) in [6.07, 6.45) is 15.0. The topological polar surface area (TPSA) is 0 Å². The molecule has 0 heteroatoms. The Bertz CT molecular complexity index is 244. The van der Waals surface area contributed by atoms with Crippen LogP contribution < -0.4 is 0 Å². The Morgan fingerprint density at radius 3 is 2.29 bits per heavy atom. The zero-order valence-electron chi connectivity index (χ0n) is 8.94. The van der Waals surface area contributed by atoms with Crippen LogP contribution in [-0.4, -0.2) is 0 Å². The summed E-state index contributed by atoms with van der Waals surface area (Å²) in [4.78, 5) is 0. The molecule has 0 saturated carbocycles. The van der Waals surface area contributed by atoms with Crippen molar-refractivity contribution in [2.45, 2.75) is 57.8 Å². The van der Waals surface area contributed by atoms with Crippen LogP contribution in [0, 0.1) is 6.42 Å². The van der Waals surface area contributed by atoms with Gasteiger partial charge in [0.05, 0.1) is 0 Å². The predicted octanol–water partition coefficient (Wildman–Crippen LogP) is 4.34. The standard InChI is InChI=1S/C14H19/c1-2-6-12-10-14-8-4-3-7-13(14)9-11(12)5-1/h5H,1-4,6-10H2. The molecule has 0 nitrogen and oxygen atoms in total. The maximum atomic E-state index is 2.51. The summed E-state index contributed by atoms with van der Waals surface area (Å²) in [5.74, 6) is 0. The minimum Gasteiger partial charge on any atom is -0.0666 e. The zero-order valence-corrected chi connectivity index (χ0v) is 8.94.